The van der Waals surface area contributed by atoms with Gasteiger partial charge in [-0.3, -0.25) is 15.2 Å². The number of aryl methyl sites for hydroxylation is 1. The molecule has 1 aliphatic rings. The fraction of sp³-hybridized carbons (Fsp3) is 0.467. The Balaban J connectivity index is 1.47. The number of pyridine rings is 1. The molecule has 1 N–H and O–H groups in total. The van der Waals surface area contributed by atoms with Gasteiger partial charge >= 0.3 is 6.03 Å². The quantitative estimate of drug-likeness (QED) is 0.925. The number of carbonyl (C=O) groups excluding carboxylic acids is 1. The van der Waals surface area contributed by atoms with Gasteiger partial charge in [0.15, 0.2) is 0 Å². The van der Waals surface area contributed by atoms with Gasteiger partial charge in [-0.25, -0.2) is 4.79 Å². The number of urea groups is 1. The second-order valence-electron chi connectivity index (χ2n) is 5.37. The van der Waals surface area contributed by atoms with Gasteiger partial charge in [-0.15, -0.1) is 10.2 Å². The number of anilines is 1. The maximum atomic E-state index is 12.3. The molecule has 122 valence electrons. The lowest BCUT2D eigenvalue weighted by Crippen LogP contribution is -2.49. The molecular formula is C15H20N6OS. The molecule has 3 rings (SSSR count). The molecule has 0 saturated carbocycles. The van der Waals surface area contributed by atoms with E-state index in [1.807, 2.05) is 36.2 Å². The minimum absolute atomic E-state index is 0.0960. The van der Waals surface area contributed by atoms with Gasteiger partial charge in [-0.05, 0) is 18.6 Å². The lowest BCUT2D eigenvalue weighted by molar-refractivity contribution is 0.142. The van der Waals surface area contributed by atoms with Gasteiger partial charge in [0.05, 0.1) is 5.69 Å². The van der Waals surface area contributed by atoms with Crippen LogP contribution in [-0.4, -0.2) is 57.2 Å². The Morgan fingerprint density at radius 2 is 2.09 bits per heavy atom. The molecule has 23 heavy (non-hydrogen) atoms. The Labute approximate surface area is 139 Å². The van der Waals surface area contributed by atoms with Gasteiger partial charge in [0.25, 0.3) is 0 Å². The average Bonchev–Trinajstić information content (AvgIpc) is 3.04. The molecule has 7 nitrogen and oxygen atoms in total. The Morgan fingerprint density at radius 1 is 1.26 bits per heavy atom. The van der Waals surface area contributed by atoms with E-state index in [0.29, 0.717) is 18.2 Å². The van der Waals surface area contributed by atoms with Gasteiger partial charge in [0, 0.05) is 38.9 Å². The molecule has 0 bridgehead atoms. The summed E-state index contributed by atoms with van der Waals surface area (Å²) >= 11 is 1.43. The van der Waals surface area contributed by atoms with Crippen LogP contribution in [0.2, 0.25) is 0 Å². The largest absolute Gasteiger partial charge is 0.323 e. The number of amides is 2. The molecule has 0 aromatic carbocycles. The maximum absolute atomic E-state index is 12.3. The first-order chi connectivity index (χ1) is 11.2. The zero-order chi connectivity index (χ0) is 16.1. The Hall–Kier alpha value is -2.06. The van der Waals surface area contributed by atoms with Crippen LogP contribution < -0.4 is 5.32 Å². The Bertz CT molecular complexity index is 638. The van der Waals surface area contributed by atoms with Crippen LogP contribution in [0.4, 0.5) is 9.93 Å². The SMILES string of the molecule is CCc1nnc(NC(=O)N2CCN(Cc3ccccn3)CC2)s1. The fourth-order valence-corrected chi connectivity index (χ4v) is 3.12. The van der Waals surface area contributed by atoms with Crippen molar-refractivity contribution in [2.24, 2.45) is 0 Å². The van der Waals surface area contributed by atoms with E-state index in [4.69, 9.17) is 0 Å². The molecular weight excluding hydrogens is 312 g/mol. The van der Waals surface area contributed by atoms with E-state index in [9.17, 15) is 4.79 Å². The number of nitrogens with one attached hydrogen (secondary N) is 1. The second kappa shape index (κ2) is 7.47. The monoisotopic (exact) mass is 332 g/mol. The molecule has 8 heteroatoms. The summed E-state index contributed by atoms with van der Waals surface area (Å²) in [5.74, 6) is 0. The molecule has 0 spiro atoms. The van der Waals surface area contributed by atoms with Crippen LogP contribution in [0, 0.1) is 0 Å². The highest BCUT2D eigenvalue weighted by Gasteiger charge is 2.22. The summed E-state index contributed by atoms with van der Waals surface area (Å²) in [6.07, 6.45) is 2.64. The van der Waals surface area contributed by atoms with Crippen LogP contribution in [0.15, 0.2) is 24.4 Å². The predicted molar refractivity (Wildman–Crippen MR) is 89.4 cm³/mol. The zero-order valence-electron chi connectivity index (χ0n) is 13.1. The highest BCUT2D eigenvalue weighted by Crippen LogP contribution is 2.16. The molecule has 1 aliphatic heterocycles. The minimum Gasteiger partial charge on any atom is -0.322 e. The summed E-state index contributed by atoms with van der Waals surface area (Å²) < 4.78 is 0. The van der Waals surface area contributed by atoms with E-state index in [2.05, 4.69) is 25.4 Å². The molecule has 2 amide bonds. The van der Waals surface area contributed by atoms with Gasteiger partial charge in [0.1, 0.15) is 5.01 Å². The van der Waals surface area contributed by atoms with Gasteiger partial charge < -0.3 is 4.90 Å². The normalized spacial score (nSPS) is 15.6. The van der Waals surface area contributed by atoms with Crippen molar-refractivity contribution in [3.8, 4) is 0 Å². The Morgan fingerprint density at radius 3 is 2.74 bits per heavy atom. The van der Waals surface area contributed by atoms with Crippen molar-refractivity contribution in [3.05, 3.63) is 35.1 Å². The molecule has 3 heterocycles. The lowest BCUT2D eigenvalue weighted by atomic mass is 10.3. The number of hydrogen-bond donors (Lipinski definition) is 1. The van der Waals surface area contributed by atoms with Crippen LogP contribution in [0.3, 0.4) is 0 Å². The van der Waals surface area contributed by atoms with Crippen LogP contribution in [-0.2, 0) is 13.0 Å². The summed E-state index contributed by atoms with van der Waals surface area (Å²) in [7, 11) is 0. The molecule has 2 aromatic rings. The molecule has 0 radical (unpaired) electrons. The summed E-state index contributed by atoms with van der Waals surface area (Å²) in [6.45, 7) is 5.95. The highest BCUT2D eigenvalue weighted by molar-refractivity contribution is 7.15. The van der Waals surface area contributed by atoms with E-state index < -0.39 is 0 Å². The smallest absolute Gasteiger partial charge is 0.322 e. The van der Waals surface area contributed by atoms with Gasteiger partial charge in [0.2, 0.25) is 5.13 Å². The minimum atomic E-state index is -0.0960. The van der Waals surface area contributed by atoms with E-state index in [-0.39, 0.29) is 6.03 Å². The van der Waals surface area contributed by atoms with E-state index in [1.165, 1.54) is 11.3 Å². The summed E-state index contributed by atoms with van der Waals surface area (Å²) in [4.78, 5) is 20.7. The molecule has 2 aromatic heterocycles. The molecule has 0 atom stereocenters. The van der Waals surface area contributed by atoms with Gasteiger partial charge in [-0.2, -0.15) is 0 Å². The van der Waals surface area contributed by atoms with Crippen molar-refractivity contribution in [1.29, 1.82) is 0 Å². The van der Waals surface area contributed by atoms with E-state index >= 15 is 0 Å². The van der Waals surface area contributed by atoms with E-state index in [0.717, 1.165) is 36.8 Å². The molecule has 0 aliphatic carbocycles. The van der Waals surface area contributed by atoms with Crippen molar-refractivity contribution in [1.82, 2.24) is 25.0 Å². The third-order valence-electron chi connectivity index (χ3n) is 3.75. The third kappa shape index (κ3) is 4.23. The number of hydrogen-bond acceptors (Lipinski definition) is 6. The van der Waals surface area contributed by atoms with Crippen molar-refractivity contribution in [3.63, 3.8) is 0 Å². The standard InChI is InChI=1S/C15H20N6OS/c1-2-13-18-19-14(23-13)17-15(22)21-9-7-20(8-10-21)11-12-5-3-4-6-16-12/h3-6H,2,7-11H2,1H3,(H,17,19,22). The van der Waals surface area contributed by atoms with E-state index in [1.54, 1.807) is 0 Å². The van der Waals surface area contributed by atoms with Crippen LogP contribution in [0.25, 0.3) is 0 Å². The fourth-order valence-electron chi connectivity index (χ4n) is 2.45. The molecule has 1 saturated heterocycles. The maximum Gasteiger partial charge on any atom is 0.323 e. The van der Waals surface area contributed by atoms with Crippen LogP contribution in [0.1, 0.15) is 17.6 Å². The lowest BCUT2D eigenvalue weighted by Gasteiger charge is -2.34. The Kier molecular flexibility index (Phi) is 5.14. The zero-order valence-corrected chi connectivity index (χ0v) is 13.9. The third-order valence-corrected chi connectivity index (χ3v) is 4.74. The van der Waals surface area contributed by atoms with Crippen molar-refractivity contribution >= 4 is 22.5 Å². The topological polar surface area (TPSA) is 74.2 Å². The highest BCUT2D eigenvalue weighted by atomic mass is 32.1. The average molecular weight is 332 g/mol. The molecule has 1 fully saturated rings. The molecule has 0 unspecified atom stereocenters. The second-order valence-corrected chi connectivity index (χ2v) is 6.43. The van der Waals surface area contributed by atoms with Crippen LogP contribution in [0.5, 0.6) is 0 Å². The van der Waals surface area contributed by atoms with Crippen molar-refractivity contribution < 1.29 is 4.79 Å². The summed E-state index contributed by atoms with van der Waals surface area (Å²) in [5.41, 5.74) is 1.06. The predicted octanol–water partition coefficient (Wildman–Crippen LogP) is 1.85. The van der Waals surface area contributed by atoms with Crippen molar-refractivity contribution in [2.75, 3.05) is 31.5 Å². The summed E-state index contributed by atoms with van der Waals surface area (Å²) in [5, 5.41) is 12.3. The summed E-state index contributed by atoms with van der Waals surface area (Å²) in [6, 6.07) is 5.85. The van der Waals surface area contributed by atoms with Gasteiger partial charge in [-0.1, -0.05) is 24.3 Å². The first kappa shape index (κ1) is 15.8. The number of carbonyl (C=O) groups is 1. The first-order valence-electron chi connectivity index (χ1n) is 7.75. The number of piperazine rings is 1. The van der Waals surface area contributed by atoms with Crippen LogP contribution >= 0.6 is 11.3 Å². The van der Waals surface area contributed by atoms with Crippen molar-refractivity contribution in [2.45, 2.75) is 19.9 Å². The number of rotatable bonds is 4. The number of aromatic nitrogens is 3. The first-order valence-corrected chi connectivity index (χ1v) is 8.57. The number of nitrogens with zero attached hydrogens (tertiary/aromatic N) is 5.